The van der Waals surface area contributed by atoms with Crippen molar-refractivity contribution in [2.24, 2.45) is 22.9 Å². The van der Waals surface area contributed by atoms with Crippen LogP contribution in [0.15, 0.2) is 0 Å². The molecule has 2 heterocycles. The van der Waals surface area contributed by atoms with E-state index in [1.165, 1.54) is 0 Å². The molecule has 2 aliphatic heterocycles. The molecule has 1 saturated carbocycles. The van der Waals surface area contributed by atoms with Crippen LogP contribution in [0.2, 0.25) is 0 Å². The summed E-state index contributed by atoms with van der Waals surface area (Å²) < 4.78 is 22.7. The van der Waals surface area contributed by atoms with E-state index in [9.17, 15) is 40.5 Å². The van der Waals surface area contributed by atoms with E-state index in [-0.39, 0.29) is 25.9 Å². The van der Waals surface area contributed by atoms with Gasteiger partial charge >= 0.3 is 0 Å². The topological polar surface area (TPSA) is 312 Å². The molecule has 3 rings (SSSR count). The fourth-order valence-electron chi connectivity index (χ4n) is 4.84. The van der Waals surface area contributed by atoms with E-state index >= 15 is 0 Å². The van der Waals surface area contributed by atoms with Crippen LogP contribution in [0.25, 0.3) is 0 Å². The van der Waals surface area contributed by atoms with Crippen molar-refractivity contribution in [3.8, 4) is 0 Å². The largest absolute Gasteiger partial charge is 0.394 e. The molecule has 0 spiro atoms. The van der Waals surface area contributed by atoms with Gasteiger partial charge in [0.05, 0.1) is 18.7 Å². The summed E-state index contributed by atoms with van der Waals surface area (Å²) in [6, 6.07) is -3.33. The number of nitrogens with one attached hydrogen (secondary N) is 1. The highest BCUT2D eigenvalue weighted by Gasteiger charge is 2.52. The van der Waals surface area contributed by atoms with E-state index in [4.69, 9.17) is 41.9 Å². The first kappa shape index (κ1) is 31.4. The van der Waals surface area contributed by atoms with Crippen LogP contribution in [-0.2, 0) is 23.7 Å². The second-order valence-corrected chi connectivity index (χ2v) is 9.84. The maximum atomic E-state index is 12.4. The Labute approximate surface area is 218 Å². The van der Waals surface area contributed by atoms with Gasteiger partial charge in [0.15, 0.2) is 12.6 Å². The van der Waals surface area contributed by atoms with Gasteiger partial charge in [0.2, 0.25) is 5.91 Å². The molecule has 0 unspecified atom stereocenters. The van der Waals surface area contributed by atoms with E-state index in [1.54, 1.807) is 0 Å². The first-order valence-corrected chi connectivity index (χ1v) is 12.5. The Bertz CT molecular complexity index is 770. The summed E-state index contributed by atoms with van der Waals surface area (Å²) in [4.78, 5) is 12.4. The maximum Gasteiger partial charge on any atom is 0.249 e. The minimum Gasteiger partial charge on any atom is -0.394 e. The number of hydrogen-bond acceptors (Lipinski definition) is 16. The smallest absolute Gasteiger partial charge is 0.249 e. The van der Waals surface area contributed by atoms with Gasteiger partial charge in [-0.15, -0.1) is 0 Å². The minimum atomic E-state index is -1.56. The predicted octanol–water partition coefficient (Wildman–Crippen LogP) is -7.79. The highest BCUT2D eigenvalue weighted by Crippen LogP contribution is 2.32. The van der Waals surface area contributed by atoms with Gasteiger partial charge in [-0.25, -0.2) is 0 Å². The highest BCUT2D eigenvalue weighted by atomic mass is 16.7. The van der Waals surface area contributed by atoms with Gasteiger partial charge < -0.3 is 82.9 Å². The standard InChI is InChI=1S/C21H41N5O12/c22-2-1-8(28)19(34)26-7-3-6(24)17(37-20-11(25)15(32)14(31)10(5-27)36-20)18(12(7)29)38-21-16(33)13(30)9(4-23)35-21/h6-18,20-21,27-33H,1-5,22-25H2,(H,26,34)/t6-,7+,8-,9+,10+,11+,12-,13+,14+,15+,16+,17+,18+,20+,21-/m0/s1. The number of hydrogen-bond donors (Lipinski definition) is 12. The maximum absolute atomic E-state index is 12.4. The van der Waals surface area contributed by atoms with Gasteiger partial charge in [0.1, 0.15) is 61.0 Å². The molecule has 3 fully saturated rings. The number of rotatable bonds is 10. The molecule has 1 amide bonds. The van der Waals surface area contributed by atoms with Crippen molar-refractivity contribution in [3.63, 3.8) is 0 Å². The summed E-state index contributed by atoms with van der Waals surface area (Å²) in [6.45, 7) is -0.763. The SMILES string of the molecule is NCC[C@H](O)C(=O)N[C@@H]1C[C@H](N)[C@@H](O[C@H]2O[C@H](CO)[C@@H](O)[C@H](O)[C@H]2N)[C@H](O[C@@H]2O[C@H](CN)[C@@H](O)[C@H]2O)[C@H]1O. The molecular weight excluding hydrogens is 514 g/mol. The summed E-state index contributed by atoms with van der Waals surface area (Å²) in [6.07, 6.45) is -16.9. The van der Waals surface area contributed by atoms with E-state index < -0.39 is 104 Å². The van der Waals surface area contributed by atoms with E-state index in [2.05, 4.69) is 5.32 Å². The second kappa shape index (κ2) is 13.5. The van der Waals surface area contributed by atoms with Crippen molar-refractivity contribution in [1.29, 1.82) is 0 Å². The van der Waals surface area contributed by atoms with Crippen molar-refractivity contribution < 1.29 is 59.5 Å². The molecule has 16 N–H and O–H groups in total. The van der Waals surface area contributed by atoms with Crippen LogP contribution in [0.1, 0.15) is 12.8 Å². The van der Waals surface area contributed by atoms with Crippen molar-refractivity contribution in [2.45, 2.75) is 105 Å². The number of carbonyl (C=O) groups excluding carboxylic acids is 1. The Morgan fingerprint density at radius 1 is 0.895 bits per heavy atom. The Hall–Kier alpha value is -1.13. The number of aliphatic hydroxyl groups is 7. The summed E-state index contributed by atoms with van der Waals surface area (Å²) >= 11 is 0. The Balaban J connectivity index is 1.84. The third-order valence-corrected chi connectivity index (χ3v) is 7.15. The molecule has 3 aliphatic rings. The molecule has 15 atom stereocenters. The lowest BCUT2D eigenvalue weighted by atomic mass is 9.83. The number of aliphatic hydroxyl groups excluding tert-OH is 7. The molecule has 2 saturated heterocycles. The molecule has 0 aromatic heterocycles. The molecule has 0 radical (unpaired) electrons. The van der Waals surface area contributed by atoms with Gasteiger partial charge in [-0.2, -0.15) is 0 Å². The summed E-state index contributed by atoms with van der Waals surface area (Å²) in [5.74, 6) is -0.805. The number of ether oxygens (including phenoxy) is 4. The first-order chi connectivity index (χ1) is 17.9. The Kier molecular flexibility index (Phi) is 11.1. The first-order valence-electron chi connectivity index (χ1n) is 12.5. The number of carbonyl (C=O) groups is 1. The number of amides is 1. The van der Waals surface area contributed by atoms with Crippen LogP contribution in [0.3, 0.4) is 0 Å². The van der Waals surface area contributed by atoms with Crippen LogP contribution in [0, 0.1) is 0 Å². The zero-order valence-corrected chi connectivity index (χ0v) is 20.7. The summed E-state index contributed by atoms with van der Waals surface area (Å²) in [5, 5.41) is 74.1. The molecule has 0 bridgehead atoms. The van der Waals surface area contributed by atoms with Crippen molar-refractivity contribution in [2.75, 3.05) is 19.7 Å². The molecule has 38 heavy (non-hydrogen) atoms. The van der Waals surface area contributed by atoms with Crippen molar-refractivity contribution in [3.05, 3.63) is 0 Å². The molecular formula is C21H41N5O12. The van der Waals surface area contributed by atoms with Crippen LogP contribution in [0.4, 0.5) is 0 Å². The van der Waals surface area contributed by atoms with Gasteiger partial charge in [-0.05, 0) is 19.4 Å². The normalized spacial score (nSPS) is 46.6. The third kappa shape index (κ3) is 6.60. The minimum absolute atomic E-state index is 0.0239. The van der Waals surface area contributed by atoms with Crippen molar-refractivity contribution >= 4 is 5.91 Å². The van der Waals surface area contributed by atoms with Gasteiger partial charge in [0.25, 0.3) is 0 Å². The van der Waals surface area contributed by atoms with Gasteiger partial charge in [0, 0.05) is 12.6 Å². The van der Waals surface area contributed by atoms with E-state index in [1.807, 2.05) is 0 Å². The average molecular weight is 556 g/mol. The molecule has 17 heteroatoms. The Morgan fingerprint density at radius 3 is 2.08 bits per heavy atom. The Morgan fingerprint density at radius 2 is 1.50 bits per heavy atom. The fourth-order valence-corrected chi connectivity index (χ4v) is 4.84. The average Bonchev–Trinajstić information content (AvgIpc) is 3.16. The lowest BCUT2D eigenvalue weighted by Crippen LogP contribution is -2.69. The van der Waals surface area contributed by atoms with E-state index in [0.717, 1.165) is 0 Å². The monoisotopic (exact) mass is 555 g/mol. The van der Waals surface area contributed by atoms with Crippen molar-refractivity contribution in [1.82, 2.24) is 5.32 Å². The van der Waals surface area contributed by atoms with Crippen LogP contribution >= 0.6 is 0 Å². The fraction of sp³-hybridized carbons (Fsp3) is 0.952. The number of nitrogens with two attached hydrogens (primary N) is 4. The van der Waals surface area contributed by atoms with E-state index in [0.29, 0.717) is 0 Å². The predicted molar refractivity (Wildman–Crippen MR) is 125 cm³/mol. The molecule has 1 aliphatic carbocycles. The summed E-state index contributed by atoms with van der Waals surface area (Å²) in [5.41, 5.74) is 23.2. The van der Waals surface area contributed by atoms with Gasteiger partial charge in [-0.1, -0.05) is 0 Å². The summed E-state index contributed by atoms with van der Waals surface area (Å²) in [7, 11) is 0. The van der Waals surface area contributed by atoms with Crippen LogP contribution < -0.4 is 28.3 Å². The lowest BCUT2D eigenvalue weighted by molar-refractivity contribution is -0.310. The third-order valence-electron chi connectivity index (χ3n) is 7.15. The molecule has 0 aromatic rings. The highest BCUT2D eigenvalue weighted by molar-refractivity contribution is 5.80. The second-order valence-electron chi connectivity index (χ2n) is 9.84. The molecule has 222 valence electrons. The van der Waals surface area contributed by atoms with Crippen LogP contribution in [0.5, 0.6) is 0 Å². The zero-order chi connectivity index (χ0) is 28.3. The van der Waals surface area contributed by atoms with Gasteiger partial charge in [-0.3, -0.25) is 4.79 Å². The lowest BCUT2D eigenvalue weighted by Gasteiger charge is -2.47. The molecule has 0 aromatic carbocycles. The van der Waals surface area contributed by atoms with Crippen LogP contribution in [-0.4, -0.2) is 153 Å². The quantitative estimate of drug-likeness (QED) is 0.119. The zero-order valence-electron chi connectivity index (χ0n) is 20.7. The molecule has 17 nitrogen and oxygen atoms in total.